The van der Waals surface area contributed by atoms with Gasteiger partial charge in [-0.15, -0.1) is 11.8 Å². The smallest absolute Gasteiger partial charge is 0.271 e. The number of halogens is 1. The third-order valence-electron chi connectivity index (χ3n) is 5.05. The number of rotatable bonds is 7. The van der Waals surface area contributed by atoms with Crippen LogP contribution in [0.4, 0.5) is 0 Å². The summed E-state index contributed by atoms with van der Waals surface area (Å²) in [5.74, 6) is 0.270. The molecule has 1 amide bonds. The zero-order valence-electron chi connectivity index (χ0n) is 17.8. The molecule has 0 unspecified atom stereocenters. The number of aromatic hydroxyl groups is 1. The topological polar surface area (TPSA) is 70.9 Å². The lowest BCUT2D eigenvalue weighted by molar-refractivity contribution is 0.0955. The number of carbonyl (C=O) groups excluding carboxylic acids is 1. The normalized spacial score (nSPS) is 11.1. The van der Waals surface area contributed by atoms with Crippen molar-refractivity contribution in [1.29, 1.82) is 0 Å². The summed E-state index contributed by atoms with van der Waals surface area (Å²) in [5.41, 5.74) is 4.72. The fourth-order valence-corrected chi connectivity index (χ4v) is 3.88. The number of ether oxygens (including phenoxy) is 1. The molecule has 0 aromatic heterocycles. The fourth-order valence-electron chi connectivity index (χ4n) is 3.29. The molecule has 33 heavy (non-hydrogen) atoms. The summed E-state index contributed by atoms with van der Waals surface area (Å²) in [6.45, 7) is 0.470. The zero-order chi connectivity index (χ0) is 23.2. The average Bonchev–Trinajstić information content (AvgIpc) is 2.85. The van der Waals surface area contributed by atoms with Crippen molar-refractivity contribution in [3.05, 3.63) is 101 Å². The van der Waals surface area contributed by atoms with Crippen LogP contribution in [0.3, 0.4) is 0 Å². The van der Waals surface area contributed by atoms with E-state index in [1.54, 1.807) is 18.0 Å². The molecule has 4 aromatic rings. The maximum absolute atomic E-state index is 12.3. The summed E-state index contributed by atoms with van der Waals surface area (Å²) < 4.78 is 6.10. The average molecular weight is 477 g/mol. The van der Waals surface area contributed by atoms with Crippen molar-refractivity contribution in [3.63, 3.8) is 0 Å². The number of benzene rings is 4. The summed E-state index contributed by atoms with van der Waals surface area (Å²) in [7, 11) is 0. The van der Waals surface area contributed by atoms with Crippen LogP contribution < -0.4 is 10.2 Å². The van der Waals surface area contributed by atoms with Crippen LogP contribution >= 0.6 is 23.4 Å². The molecule has 0 saturated heterocycles. The van der Waals surface area contributed by atoms with Crippen LogP contribution in [-0.4, -0.2) is 23.5 Å². The van der Waals surface area contributed by atoms with E-state index in [9.17, 15) is 9.90 Å². The minimum absolute atomic E-state index is 0.0810. The molecule has 0 atom stereocenters. The molecule has 0 heterocycles. The van der Waals surface area contributed by atoms with E-state index in [2.05, 4.69) is 41.0 Å². The summed E-state index contributed by atoms with van der Waals surface area (Å²) in [6.07, 6.45) is 3.64. The molecule has 0 fully saturated rings. The number of carbonyl (C=O) groups is 1. The van der Waals surface area contributed by atoms with Crippen LogP contribution in [0.1, 0.15) is 21.5 Å². The van der Waals surface area contributed by atoms with E-state index in [4.69, 9.17) is 16.3 Å². The highest BCUT2D eigenvalue weighted by Gasteiger charge is 2.09. The Bertz CT molecular complexity index is 1320. The molecule has 0 aliphatic heterocycles. The molecule has 7 heteroatoms. The van der Waals surface area contributed by atoms with E-state index in [1.807, 2.05) is 36.4 Å². The Morgan fingerprint density at radius 1 is 1.06 bits per heavy atom. The zero-order valence-corrected chi connectivity index (χ0v) is 19.4. The monoisotopic (exact) mass is 476 g/mol. The number of nitrogens with zero attached hydrogens (tertiary/aromatic N) is 1. The highest BCUT2D eigenvalue weighted by molar-refractivity contribution is 7.98. The summed E-state index contributed by atoms with van der Waals surface area (Å²) >= 11 is 7.57. The Hall–Kier alpha value is -3.48. The van der Waals surface area contributed by atoms with E-state index in [-0.39, 0.29) is 10.8 Å². The van der Waals surface area contributed by atoms with Gasteiger partial charge in [0.15, 0.2) is 0 Å². The number of nitrogens with one attached hydrogen (secondary N) is 1. The molecule has 0 radical (unpaired) electrons. The van der Waals surface area contributed by atoms with Crippen molar-refractivity contribution >= 4 is 46.3 Å². The van der Waals surface area contributed by atoms with Crippen LogP contribution in [0.15, 0.2) is 88.9 Å². The Kier molecular flexibility index (Phi) is 7.17. The Labute approximate surface area is 201 Å². The largest absolute Gasteiger partial charge is 0.506 e. The number of hydrogen-bond acceptors (Lipinski definition) is 5. The molecule has 0 aliphatic rings. The van der Waals surface area contributed by atoms with Crippen molar-refractivity contribution in [2.75, 3.05) is 6.26 Å². The molecule has 5 nitrogen and oxygen atoms in total. The van der Waals surface area contributed by atoms with Crippen molar-refractivity contribution in [3.8, 4) is 11.5 Å². The second kappa shape index (κ2) is 10.4. The first-order valence-electron chi connectivity index (χ1n) is 10.1. The van der Waals surface area contributed by atoms with Gasteiger partial charge in [0.05, 0.1) is 11.2 Å². The molecular formula is C26H21ClN2O3S. The molecule has 2 N–H and O–H groups in total. The van der Waals surface area contributed by atoms with Gasteiger partial charge < -0.3 is 9.84 Å². The van der Waals surface area contributed by atoms with Crippen LogP contribution in [0.2, 0.25) is 5.02 Å². The maximum atomic E-state index is 12.3. The fraction of sp³-hybridized carbons (Fsp3) is 0.0769. The molecular weight excluding hydrogens is 456 g/mol. The van der Waals surface area contributed by atoms with Crippen molar-refractivity contribution in [1.82, 2.24) is 5.43 Å². The lowest BCUT2D eigenvalue weighted by Crippen LogP contribution is -2.17. The predicted molar refractivity (Wildman–Crippen MR) is 135 cm³/mol. The van der Waals surface area contributed by atoms with E-state index in [0.717, 1.165) is 27.6 Å². The van der Waals surface area contributed by atoms with Gasteiger partial charge in [0.2, 0.25) is 0 Å². The van der Waals surface area contributed by atoms with Crippen molar-refractivity contribution in [2.24, 2.45) is 5.10 Å². The van der Waals surface area contributed by atoms with Gasteiger partial charge in [0, 0.05) is 21.4 Å². The Balaban J connectivity index is 1.49. The van der Waals surface area contributed by atoms with Gasteiger partial charge in [0.1, 0.15) is 18.1 Å². The van der Waals surface area contributed by atoms with Gasteiger partial charge in [-0.1, -0.05) is 48.0 Å². The minimum atomic E-state index is -0.426. The first kappa shape index (κ1) is 22.7. The molecule has 4 aromatic carbocycles. The molecule has 0 spiro atoms. The van der Waals surface area contributed by atoms with Crippen LogP contribution in [0.5, 0.6) is 11.5 Å². The minimum Gasteiger partial charge on any atom is -0.506 e. The van der Waals surface area contributed by atoms with Gasteiger partial charge >= 0.3 is 0 Å². The molecule has 0 aliphatic carbocycles. The number of hydrazone groups is 1. The third kappa shape index (κ3) is 5.48. The summed E-state index contributed by atoms with van der Waals surface area (Å²) in [5, 5.41) is 15.6. The number of fused-ring (bicyclic) bond motifs is 1. The summed E-state index contributed by atoms with van der Waals surface area (Å²) in [6, 6.07) is 24.2. The molecule has 166 valence electrons. The molecule has 4 rings (SSSR count). The first-order chi connectivity index (χ1) is 16.0. The van der Waals surface area contributed by atoms with Gasteiger partial charge in [-0.05, 0) is 59.7 Å². The quantitative estimate of drug-likeness (QED) is 0.187. The standard InChI is InChI=1S/C26H21ClN2O3S/c1-33-20-10-6-17(7-11-20)16-32-25-13-9-19(21-4-2-3-5-22(21)25)15-28-29-26(31)18-8-12-24(30)23(27)14-18/h2-15,30H,16H2,1H3,(H,29,31)/b28-15+. The van der Waals surface area contributed by atoms with Crippen molar-refractivity contribution < 1.29 is 14.6 Å². The van der Waals surface area contributed by atoms with E-state index >= 15 is 0 Å². The lowest BCUT2D eigenvalue weighted by Gasteiger charge is -2.11. The number of thioether (sulfide) groups is 1. The second-order valence-corrected chi connectivity index (χ2v) is 8.49. The van der Waals surface area contributed by atoms with Gasteiger partial charge in [-0.3, -0.25) is 4.79 Å². The number of hydrogen-bond donors (Lipinski definition) is 2. The van der Waals surface area contributed by atoms with Gasteiger partial charge in [-0.25, -0.2) is 5.43 Å². The Morgan fingerprint density at radius 2 is 1.82 bits per heavy atom. The number of amides is 1. The molecule has 0 saturated carbocycles. The van der Waals surface area contributed by atoms with Crippen molar-refractivity contribution in [2.45, 2.75) is 11.5 Å². The highest BCUT2D eigenvalue weighted by Crippen LogP contribution is 2.29. The number of phenolic OH excluding ortho intramolecular Hbond substituents is 1. The second-order valence-electron chi connectivity index (χ2n) is 7.20. The predicted octanol–water partition coefficient (Wildman–Crippen LogP) is 6.26. The van der Waals surface area contributed by atoms with Gasteiger partial charge in [0.25, 0.3) is 5.91 Å². The van der Waals surface area contributed by atoms with E-state index in [1.165, 1.54) is 23.1 Å². The summed E-state index contributed by atoms with van der Waals surface area (Å²) in [4.78, 5) is 13.5. The van der Waals surface area contributed by atoms with Crippen LogP contribution in [0, 0.1) is 0 Å². The van der Waals surface area contributed by atoms with E-state index in [0.29, 0.717) is 12.2 Å². The first-order valence-corrected chi connectivity index (χ1v) is 11.7. The molecule has 0 bridgehead atoms. The van der Waals surface area contributed by atoms with E-state index < -0.39 is 5.91 Å². The third-order valence-corrected chi connectivity index (χ3v) is 6.10. The Morgan fingerprint density at radius 3 is 2.55 bits per heavy atom. The number of phenols is 1. The lowest BCUT2D eigenvalue weighted by atomic mass is 10.0. The maximum Gasteiger partial charge on any atom is 0.271 e. The van der Waals surface area contributed by atoms with Crippen LogP contribution in [0.25, 0.3) is 10.8 Å². The van der Waals surface area contributed by atoms with Crippen LogP contribution in [-0.2, 0) is 6.61 Å². The highest BCUT2D eigenvalue weighted by atomic mass is 35.5. The van der Waals surface area contributed by atoms with Gasteiger partial charge in [-0.2, -0.15) is 5.10 Å². The SMILES string of the molecule is CSc1ccc(COc2ccc(/C=N/NC(=O)c3ccc(O)c(Cl)c3)c3ccccc23)cc1.